The molecule has 0 saturated carbocycles. The smallest absolute Gasteiger partial charge is 0.159 e. The molecule has 0 aliphatic heterocycles. The molecule has 2 aromatic carbocycles. The number of aromatic hydroxyl groups is 1. The van der Waals surface area contributed by atoms with Crippen LogP contribution >= 0.6 is 11.8 Å². The molecule has 0 aromatic heterocycles. The molecule has 2 rings (SSSR count). The highest BCUT2D eigenvalue weighted by Gasteiger charge is 2.07. The molecule has 19 heavy (non-hydrogen) atoms. The van der Waals surface area contributed by atoms with E-state index in [1.165, 1.54) is 36.9 Å². The second kappa shape index (κ2) is 5.89. The summed E-state index contributed by atoms with van der Waals surface area (Å²) in [6.45, 7) is 1.48. The van der Waals surface area contributed by atoms with E-state index in [1.807, 2.05) is 0 Å². The zero-order valence-electron chi connectivity index (χ0n) is 10.4. The van der Waals surface area contributed by atoms with Crippen LogP contribution in [0.5, 0.6) is 5.75 Å². The van der Waals surface area contributed by atoms with Crippen LogP contribution in [-0.4, -0.2) is 10.9 Å². The Morgan fingerprint density at radius 2 is 2.05 bits per heavy atom. The predicted octanol–water partition coefficient (Wildman–Crippen LogP) is 4.03. The molecule has 0 saturated heterocycles. The van der Waals surface area contributed by atoms with Crippen molar-refractivity contribution in [2.45, 2.75) is 17.6 Å². The summed E-state index contributed by atoms with van der Waals surface area (Å²) < 4.78 is 13.0. The van der Waals surface area contributed by atoms with Crippen molar-refractivity contribution in [1.82, 2.24) is 0 Å². The molecule has 0 radical (unpaired) electrons. The van der Waals surface area contributed by atoms with Gasteiger partial charge in [0.15, 0.2) is 5.78 Å². The molecule has 0 atom stereocenters. The van der Waals surface area contributed by atoms with Crippen LogP contribution in [0.3, 0.4) is 0 Å². The van der Waals surface area contributed by atoms with Crippen LogP contribution in [0.1, 0.15) is 22.8 Å². The topological polar surface area (TPSA) is 37.3 Å². The number of carbonyl (C=O) groups excluding carboxylic acids is 1. The number of phenolic OH excluding ortho intramolecular Hbond substituents is 1. The van der Waals surface area contributed by atoms with Crippen LogP contribution < -0.4 is 0 Å². The van der Waals surface area contributed by atoms with Crippen molar-refractivity contribution in [2.24, 2.45) is 0 Å². The van der Waals surface area contributed by atoms with Crippen molar-refractivity contribution in [3.8, 4) is 5.75 Å². The number of benzene rings is 2. The maximum Gasteiger partial charge on any atom is 0.159 e. The number of ketones is 1. The maximum atomic E-state index is 13.0. The van der Waals surface area contributed by atoms with Gasteiger partial charge in [0.25, 0.3) is 0 Å². The average Bonchev–Trinajstić information content (AvgIpc) is 2.37. The Morgan fingerprint density at radius 3 is 2.74 bits per heavy atom. The highest BCUT2D eigenvalue weighted by molar-refractivity contribution is 7.98. The molecule has 98 valence electrons. The van der Waals surface area contributed by atoms with Crippen molar-refractivity contribution >= 4 is 17.5 Å². The van der Waals surface area contributed by atoms with E-state index < -0.39 is 0 Å². The van der Waals surface area contributed by atoms with Crippen LogP contribution in [0, 0.1) is 5.82 Å². The Labute approximate surface area is 115 Å². The fourth-order valence-electron chi connectivity index (χ4n) is 1.64. The molecular weight excluding hydrogens is 263 g/mol. The summed E-state index contributed by atoms with van der Waals surface area (Å²) in [5, 5.41) is 9.75. The van der Waals surface area contributed by atoms with Crippen molar-refractivity contribution in [2.75, 3.05) is 0 Å². The molecule has 2 nitrogen and oxygen atoms in total. The summed E-state index contributed by atoms with van der Waals surface area (Å²) in [4.78, 5) is 12.1. The third-order valence-corrected chi connectivity index (χ3v) is 3.72. The number of Topliss-reactive ketones (excluding diaryl/α,β-unsaturated/α-hetero) is 1. The van der Waals surface area contributed by atoms with Gasteiger partial charge >= 0.3 is 0 Å². The van der Waals surface area contributed by atoms with E-state index in [0.717, 1.165) is 4.90 Å². The van der Waals surface area contributed by atoms with E-state index in [-0.39, 0.29) is 17.3 Å². The first kappa shape index (κ1) is 13.6. The van der Waals surface area contributed by atoms with Crippen molar-refractivity contribution in [3.05, 3.63) is 59.4 Å². The number of hydrogen-bond acceptors (Lipinski definition) is 3. The molecular formula is C15H13FO2S. The van der Waals surface area contributed by atoms with Gasteiger partial charge in [-0.1, -0.05) is 6.07 Å². The van der Waals surface area contributed by atoms with Crippen LogP contribution in [0.4, 0.5) is 4.39 Å². The average molecular weight is 276 g/mol. The highest BCUT2D eigenvalue weighted by Crippen LogP contribution is 2.28. The van der Waals surface area contributed by atoms with Gasteiger partial charge < -0.3 is 5.11 Å². The Hall–Kier alpha value is -1.81. The third-order valence-electron chi connectivity index (χ3n) is 2.68. The largest absolute Gasteiger partial charge is 0.508 e. The van der Waals surface area contributed by atoms with Crippen LogP contribution in [-0.2, 0) is 5.75 Å². The first-order valence-electron chi connectivity index (χ1n) is 5.77. The molecule has 2 aromatic rings. The molecule has 0 aliphatic rings. The molecule has 1 N–H and O–H groups in total. The quantitative estimate of drug-likeness (QED) is 0.676. The van der Waals surface area contributed by atoms with Crippen molar-refractivity contribution in [3.63, 3.8) is 0 Å². The van der Waals surface area contributed by atoms with Gasteiger partial charge in [-0.25, -0.2) is 4.39 Å². The Bertz CT molecular complexity index is 611. The maximum absolute atomic E-state index is 13.0. The Morgan fingerprint density at radius 1 is 1.26 bits per heavy atom. The number of carbonyl (C=O) groups is 1. The van der Waals surface area contributed by atoms with E-state index in [2.05, 4.69) is 0 Å². The molecule has 0 bridgehead atoms. The monoisotopic (exact) mass is 276 g/mol. The zero-order valence-corrected chi connectivity index (χ0v) is 11.2. The van der Waals surface area contributed by atoms with Gasteiger partial charge in [-0.2, -0.15) is 0 Å². The van der Waals surface area contributed by atoms with E-state index in [1.54, 1.807) is 24.3 Å². The predicted molar refractivity (Wildman–Crippen MR) is 74.1 cm³/mol. The van der Waals surface area contributed by atoms with Gasteiger partial charge in [0, 0.05) is 21.8 Å². The number of thioether (sulfide) groups is 1. The lowest BCUT2D eigenvalue weighted by molar-refractivity contribution is 0.101. The number of rotatable bonds is 4. The third kappa shape index (κ3) is 3.58. The minimum absolute atomic E-state index is 0.0444. The van der Waals surface area contributed by atoms with Gasteiger partial charge in [-0.05, 0) is 43.3 Å². The summed E-state index contributed by atoms with van der Waals surface area (Å²) in [5.74, 6) is 0.300. The number of hydrogen-bond donors (Lipinski definition) is 1. The van der Waals surface area contributed by atoms with Gasteiger partial charge in [0.1, 0.15) is 11.6 Å². The van der Waals surface area contributed by atoms with E-state index >= 15 is 0 Å². The lowest BCUT2D eigenvalue weighted by Gasteiger charge is -2.06. The zero-order chi connectivity index (χ0) is 13.8. The molecule has 4 heteroatoms. The Balaban J connectivity index is 2.15. The minimum Gasteiger partial charge on any atom is -0.508 e. The fraction of sp³-hybridized carbons (Fsp3) is 0.133. The molecule has 0 unspecified atom stereocenters. The molecule has 0 spiro atoms. The number of phenols is 1. The van der Waals surface area contributed by atoms with Crippen molar-refractivity contribution in [1.29, 1.82) is 0 Å². The highest BCUT2D eigenvalue weighted by atomic mass is 32.2. The summed E-state index contributed by atoms with van der Waals surface area (Å²) in [6, 6.07) is 11.0. The second-order valence-electron chi connectivity index (χ2n) is 4.15. The molecule has 0 aliphatic carbocycles. The van der Waals surface area contributed by atoms with E-state index in [4.69, 9.17) is 0 Å². The summed E-state index contributed by atoms with van der Waals surface area (Å²) in [6.07, 6.45) is 0. The molecule has 0 fully saturated rings. The normalized spacial score (nSPS) is 10.4. The lowest BCUT2D eigenvalue weighted by atomic mass is 10.1. The molecule has 0 heterocycles. The van der Waals surface area contributed by atoms with Crippen LogP contribution in [0.25, 0.3) is 0 Å². The first-order valence-corrected chi connectivity index (χ1v) is 6.76. The van der Waals surface area contributed by atoms with Crippen LogP contribution in [0.2, 0.25) is 0 Å². The van der Waals surface area contributed by atoms with Crippen molar-refractivity contribution < 1.29 is 14.3 Å². The minimum atomic E-state index is -0.285. The Kier molecular flexibility index (Phi) is 4.22. The van der Waals surface area contributed by atoms with Gasteiger partial charge in [-0.15, -0.1) is 11.8 Å². The number of halogens is 1. The second-order valence-corrected chi connectivity index (χ2v) is 5.19. The standard InChI is InChI=1S/C15H13FO2S/c1-10(17)11-5-6-15(18)12(7-11)9-19-14-4-2-3-13(16)8-14/h2-8,18H,9H2,1H3. The summed E-state index contributed by atoms with van der Waals surface area (Å²) in [7, 11) is 0. The SMILES string of the molecule is CC(=O)c1ccc(O)c(CSc2cccc(F)c2)c1. The van der Waals surface area contributed by atoms with Crippen LogP contribution in [0.15, 0.2) is 47.4 Å². The summed E-state index contributed by atoms with van der Waals surface area (Å²) in [5.41, 5.74) is 1.23. The van der Waals surface area contributed by atoms with E-state index in [9.17, 15) is 14.3 Å². The van der Waals surface area contributed by atoms with E-state index in [0.29, 0.717) is 16.9 Å². The fourth-order valence-corrected chi connectivity index (χ4v) is 2.56. The first-order chi connectivity index (χ1) is 9.06. The van der Waals surface area contributed by atoms with Gasteiger partial charge in [-0.3, -0.25) is 4.79 Å². The van der Waals surface area contributed by atoms with Gasteiger partial charge in [0.05, 0.1) is 0 Å². The summed E-state index contributed by atoms with van der Waals surface area (Å²) >= 11 is 1.41. The lowest BCUT2D eigenvalue weighted by Crippen LogP contribution is -1.93. The van der Waals surface area contributed by atoms with Gasteiger partial charge in [0.2, 0.25) is 0 Å². The molecule has 0 amide bonds.